The Balaban J connectivity index is 1.34. The fourth-order valence-electron chi connectivity index (χ4n) is 2.88. The lowest BCUT2D eigenvalue weighted by Crippen LogP contribution is -2.30. The standard InChI is InChI=1S/C23H23NO3S/c25-22(24-13-14-28-17-18-7-2-1-3-8-18)16-27-23(26)15-20-11-6-10-19-9-4-5-12-21(19)20/h1-12H,13-17H2,(H,24,25). The second kappa shape index (κ2) is 10.5. The Morgan fingerprint density at radius 2 is 1.64 bits per heavy atom. The van der Waals surface area contributed by atoms with E-state index in [2.05, 4.69) is 17.4 Å². The summed E-state index contributed by atoms with van der Waals surface area (Å²) in [5.74, 6) is 1.05. The Morgan fingerprint density at radius 3 is 2.50 bits per heavy atom. The highest BCUT2D eigenvalue weighted by Crippen LogP contribution is 2.19. The number of esters is 1. The summed E-state index contributed by atoms with van der Waals surface area (Å²) in [6.07, 6.45) is 0.154. The molecule has 28 heavy (non-hydrogen) atoms. The Labute approximate surface area is 169 Å². The minimum Gasteiger partial charge on any atom is -0.455 e. The molecule has 0 aromatic heterocycles. The number of fused-ring (bicyclic) bond motifs is 1. The van der Waals surface area contributed by atoms with E-state index in [1.54, 1.807) is 11.8 Å². The van der Waals surface area contributed by atoms with E-state index in [0.29, 0.717) is 6.54 Å². The first-order chi connectivity index (χ1) is 13.7. The fraction of sp³-hybridized carbons (Fsp3) is 0.217. The van der Waals surface area contributed by atoms with Gasteiger partial charge >= 0.3 is 5.97 Å². The van der Waals surface area contributed by atoms with Gasteiger partial charge in [-0.1, -0.05) is 72.8 Å². The van der Waals surface area contributed by atoms with Crippen molar-refractivity contribution in [1.82, 2.24) is 5.32 Å². The summed E-state index contributed by atoms with van der Waals surface area (Å²) in [7, 11) is 0. The maximum atomic E-state index is 12.1. The summed E-state index contributed by atoms with van der Waals surface area (Å²) >= 11 is 1.75. The molecule has 0 aliphatic rings. The molecule has 3 aromatic carbocycles. The van der Waals surface area contributed by atoms with Gasteiger partial charge in [0, 0.05) is 18.1 Å². The summed E-state index contributed by atoms with van der Waals surface area (Å²) in [6.45, 7) is 0.310. The van der Waals surface area contributed by atoms with Crippen molar-refractivity contribution in [3.63, 3.8) is 0 Å². The first-order valence-electron chi connectivity index (χ1n) is 9.23. The number of ether oxygens (including phenoxy) is 1. The van der Waals surface area contributed by atoms with Crippen LogP contribution in [0.1, 0.15) is 11.1 Å². The van der Waals surface area contributed by atoms with E-state index in [-0.39, 0.29) is 18.9 Å². The third kappa shape index (κ3) is 6.13. The number of hydrogen-bond donors (Lipinski definition) is 1. The number of hydrogen-bond acceptors (Lipinski definition) is 4. The van der Waals surface area contributed by atoms with Crippen molar-refractivity contribution in [2.24, 2.45) is 0 Å². The van der Waals surface area contributed by atoms with Gasteiger partial charge < -0.3 is 10.1 Å². The Bertz CT molecular complexity index is 922. The van der Waals surface area contributed by atoms with Crippen LogP contribution in [0.4, 0.5) is 0 Å². The molecule has 3 aromatic rings. The highest BCUT2D eigenvalue weighted by atomic mass is 32.2. The molecule has 1 amide bonds. The lowest BCUT2D eigenvalue weighted by molar-refractivity contribution is -0.147. The quantitative estimate of drug-likeness (QED) is 0.441. The zero-order chi connectivity index (χ0) is 19.6. The second-order valence-corrected chi connectivity index (χ2v) is 7.47. The largest absolute Gasteiger partial charge is 0.455 e. The predicted octanol–water partition coefficient (Wildman–Crippen LogP) is 3.98. The van der Waals surface area contributed by atoms with Gasteiger partial charge in [0.15, 0.2) is 6.61 Å². The number of thioether (sulfide) groups is 1. The molecule has 0 heterocycles. The van der Waals surface area contributed by atoms with Gasteiger partial charge in [0.2, 0.25) is 0 Å². The monoisotopic (exact) mass is 393 g/mol. The molecule has 1 N–H and O–H groups in total. The lowest BCUT2D eigenvalue weighted by Gasteiger charge is -2.08. The van der Waals surface area contributed by atoms with Gasteiger partial charge in [-0.2, -0.15) is 11.8 Å². The molecule has 0 unspecified atom stereocenters. The molecule has 5 heteroatoms. The maximum absolute atomic E-state index is 12.1. The Morgan fingerprint density at radius 1 is 0.893 bits per heavy atom. The van der Waals surface area contributed by atoms with E-state index >= 15 is 0 Å². The third-order valence-corrected chi connectivity index (χ3v) is 5.29. The van der Waals surface area contributed by atoms with Crippen molar-refractivity contribution in [3.05, 3.63) is 83.9 Å². The van der Waals surface area contributed by atoms with Crippen LogP contribution in [0, 0.1) is 0 Å². The lowest BCUT2D eigenvalue weighted by atomic mass is 10.0. The summed E-state index contributed by atoms with van der Waals surface area (Å²) < 4.78 is 5.13. The topological polar surface area (TPSA) is 55.4 Å². The molecule has 3 rings (SSSR count). The van der Waals surface area contributed by atoms with Gasteiger partial charge in [-0.3, -0.25) is 9.59 Å². The number of carbonyl (C=O) groups excluding carboxylic acids is 2. The van der Waals surface area contributed by atoms with Crippen LogP contribution in [0.3, 0.4) is 0 Å². The molecule has 0 fully saturated rings. The minimum absolute atomic E-state index is 0.154. The first kappa shape index (κ1) is 20.0. The van der Waals surface area contributed by atoms with Crippen LogP contribution >= 0.6 is 11.8 Å². The molecule has 0 aliphatic heterocycles. The van der Waals surface area contributed by atoms with Gasteiger partial charge in [-0.05, 0) is 21.9 Å². The number of benzene rings is 3. The van der Waals surface area contributed by atoms with Crippen molar-refractivity contribution in [2.75, 3.05) is 18.9 Å². The van der Waals surface area contributed by atoms with Gasteiger partial charge in [-0.15, -0.1) is 0 Å². The minimum atomic E-state index is -0.398. The number of amides is 1. The van der Waals surface area contributed by atoms with E-state index in [9.17, 15) is 9.59 Å². The highest BCUT2D eigenvalue weighted by molar-refractivity contribution is 7.98. The molecule has 0 aliphatic carbocycles. The average molecular weight is 394 g/mol. The van der Waals surface area contributed by atoms with Crippen molar-refractivity contribution < 1.29 is 14.3 Å². The van der Waals surface area contributed by atoms with E-state index in [1.807, 2.05) is 60.7 Å². The van der Waals surface area contributed by atoms with Gasteiger partial charge in [0.05, 0.1) is 6.42 Å². The van der Waals surface area contributed by atoms with Crippen LogP contribution in [0.5, 0.6) is 0 Å². The number of carbonyl (C=O) groups is 2. The summed E-state index contributed by atoms with van der Waals surface area (Å²) in [6, 6.07) is 23.9. The van der Waals surface area contributed by atoms with Gasteiger partial charge in [0.1, 0.15) is 0 Å². The van der Waals surface area contributed by atoms with Crippen molar-refractivity contribution in [1.29, 1.82) is 0 Å². The van der Waals surface area contributed by atoms with Crippen LogP contribution in [-0.2, 0) is 26.5 Å². The van der Waals surface area contributed by atoms with Crippen molar-refractivity contribution >= 4 is 34.4 Å². The molecule has 0 bridgehead atoms. The molecule has 0 radical (unpaired) electrons. The molecule has 0 saturated carbocycles. The Hall–Kier alpha value is -2.79. The molecule has 0 atom stereocenters. The Kier molecular flexibility index (Phi) is 7.50. The van der Waals surface area contributed by atoms with Gasteiger partial charge in [0.25, 0.3) is 5.91 Å². The predicted molar refractivity (Wildman–Crippen MR) is 114 cm³/mol. The summed E-state index contributed by atoms with van der Waals surface area (Å²) in [5, 5.41) is 4.89. The smallest absolute Gasteiger partial charge is 0.310 e. The first-order valence-corrected chi connectivity index (χ1v) is 10.4. The van der Waals surface area contributed by atoms with Gasteiger partial charge in [-0.25, -0.2) is 0 Å². The highest BCUT2D eigenvalue weighted by Gasteiger charge is 2.10. The average Bonchev–Trinajstić information content (AvgIpc) is 2.73. The molecule has 144 valence electrons. The third-order valence-electron chi connectivity index (χ3n) is 4.26. The molecular formula is C23H23NO3S. The fourth-order valence-corrected chi connectivity index (χ4v) is 3.70. The molecular weight excluding hydrogens is 370 g/mol. The van der Waals surface area contributed by atoms with Crippen LogP contribution in [0.25, 0.3) is 10.8 Å². The molecule has 0 spiro atoms. The van der Waals surface area contributed by atoms with E-state index < -0.39 is 5.97 Å². The zero-order valence-corrected chi connectivity index (χ0v) is 16.4. The maximum Gasteiger partial charge on any atom is 0.310 e. The number of rotatable bonds is 9. The normalized spacial score (nSPS) is 10.6. The second-order valence-electron chi connectivity index (χ2n) is 6.36. The van der Waals surface area contributed by atoms with Crippen LogP contribution < -0.4 is 5.32 Å². The van der Waals surface area contributed by atoms with E-state index in [1.165, 1.54) is 5.56 Å². The van der Waals surface area contributed by atoms with Crippen molar-refractivity contribution in [3.8, 4) is 0 Å². The van der Waals surface area contributed by atoms with Crippen LogP contribution in [0.2, 0.25) is 0 Å². The summed E-state index contributed by atoms with van der Waals surface area (Å²) in [4.78, 5) is 23.9. The SMILES string of the molecule is O=C(COC(=O)Cc1cccc2ccccc12)NCCSCc1ccccc1. The van der Waals surface area contributed by atoms with Crippen LogP contribution in [-0.4, -0.2) is 30.8 Å². The molecule has 4 nitrogen and oxygen atoms in total. The van der Waals surface area contributed by atoms with E-state index in [4.69, 9.17) is 4.74 Å². The van der Waals surface area contributed by atoms with Crippen molar-refractivity contribution in [2.45, 2.75) is 12.2 Å². The zero-order valence-electron chi connectivity index (χ0n) is 15.6. The van der Waals surface area contributed by atoms with Crippen LogP contribution in [0.15, 0.2) is 72.8 Å². The van der Waals surface area contributed by atoms with E-state index in [0.717, 1.165) is 27.8 Å². The summed E-state index contributed by atoms with van der Waals surface area (Å²) in [5.41, 5.74) is 2.17. The molecule has 0 saturated heterocycles. The number of nitrogens with one attached hydrogen (secondary N) is 1.